The van der Waals surface area contributed by atoms with Crippen LogP contribution in [0.1, 0.15) is 21.5 Å². The zero-order chi connectivity index (χ0) is 15.0. The quantitative estimate of drug-likeness (QED) is 0.488. The first kappa shape index (κ1) is 15.8. The predicted octanol–water partition coefficient (Wildman–Crippen LogP) is 5.64. The second kappa shape index (κ2) is 6.06. The van der Waals surface area contributed by atoms with Gasteiger partial charge >= 0.3 is 0 Å². The molecule has 2 N–H and O–H groups in total. The van der Waals surface area contributed by atoms with Gasteiger partial charge in [-0.1, -0.05) is 55.1 Å². The van der Waals surface area contributed by atoms with E-state index in [2.05, 4.69) is 31.9 Å². The lowest BCUT2D eigenvalue weighted by Gasteiger charge is -2.10. The molecular formula is C14H9Br2Cl2NO. The maximum Gasteiger partial charge on any atom is 0.195 e. The zero-order valence-electron chi connectivity index (χ0n) is 10.3. The van der Waals surface area contributed by atoms with Crippen molar-refractivity contribution in [1.82, 2.24) is 0 Å². The summed E-state index contributed by atoms with van der Waals surface area (Å²) < 4.78 is 1.54. The number of ketones is 1. The van der Waals surface area contributed by atoms with Gasteiger partial charge in [0.05, 0.1) is 10.0 Å². The van der Waals surface area contributed by atoms with Gasteiger partial charge in [-0.25, -0.2) is 0 Å². The molecule has 0 aliphatic carbocycles. The summed E-state index contributed by atoms with van der Waals surface area (Å²) >= 11 is 18.9. The minimum absolute atomic E-state index is 0.203. The molecule has 20 heavy (non-hydrogen) atoms. The second-order valence-corrected chi connectivity index (χ2v) is 6.77. The molecule has 104 valence electrons. The molecule has 0 radical (unpaired) electrons. The van der Waals surface area contributed by atoms with Crippen LogP contribution in [0.4, 0.5) is 5.69 Å². The number of halogens is 4. The normalized spacial score (nSPS) is 10.7. The topological polar surface area (TPSA) is 43.1 Å². The Labute approximate surface area is 143 Å². The largest absolute Gasteiger partial charge is 0.399 e. The van der Waals surface area contributed by atoms with Crippen LogP contribution >= 0.6 is 55.1 Å². The Hall–Kier alpha value is -0.550. The molecule has 2 nitrogen and oxygen atoms in total. The van der Waals surface area contributed by atoms with Gasteiger partial charge in [0.15, 0.2) is 5.78 Å². The van der Waals surface area contributed by atoms with E-state index in [9.17, 15) is 4.79 Å². The first-order chi connectivity index (χ1) is 9.31. The Balaban J connectivity index is 2.60. The summed E-state index contributed by atoms with van der Waals surface area (Å²) in [4.78, 5) is 12.6. The smallest absolute Gasteiger partial charge is 0.195 e. The molecule has 2 aromatic rings. The Morgan fingerprint density at radius 1 is 1.05 bits per heavy atom. The third-order valence-corrected chi connectivity index (χ3v) is 5.10. The fourth-order valence-corrected chi connectivity index (χ4v) is 3.14. The van der Waals surface area contributed by atoms with E-state index in [4.69, 9.17) is 28.9 Å². The highest BCUT2D eigenvalue weighted by Crippen LogP contribution is 2.33. The van der Waals surface area contributed by atoms with Crippen molar-refractivity contribution in [3.05, 3.63) is 59.9 Å². The van der Waals surface area contributed by atoms with E-state index in [1.165, 1.54) is 12.1 Å². The number of aryl methyl sites for hydroxylation is 1. The average Bonchev–Trinajstić information content (AvgIpc) is 2.37. The summed E-state index contributed by atoms with van der Waals surface area (Å²) in [5, 5.41) is 0.465. The van der Waals surface area contributed by atoms with E-state index < -0.39 is 0 Å². The van der Waals surface area contributed by atoms with Crippen LogP contribution in [0.15, 0.2) is 33.2 Å². The first-order valence-electron chi connectivity index (χ1n) is 5.56. The van der Waals surface area contributed by atoms with Crippen LogP contribution < -0.4 is 5.73 Å². The molecule has 0 amide bonds. The van der Waals surface area contributed by atoms with Crippen molar-refractivity contribution in [3.8, 4) is 0 Å². The van der Waals surface area contributed by atoms with Crippen LogP contribution in [0, 0.1) is 6.92 Å². The van der Waals surface area contributed by atoms with Crippen molar-refractivity contribution in [2.45, 2.75) is 6.92 Å². The Kier molecular flexibility index (Phi) is 4.80. The number of rotatable bonds is 2. The van der Waals surface area contributed by atoms with Gasteiger partial charge in [0.1, 0.15) is 0 Å². The molecule has 0 atom stereocenters. The van der Waals surface area contributed by atoms with Crippen LogP contribution in [0.3, 0.4) is 0 Å². The maximum atomic E-state index is 12.6. The molecule has 0 aliphatic heterocycles. The summed E-state index contributed by atoms with van der Waals surface area (Å²) in [7, 11) is 0. The third kappa shape index (κ3) is 3.03. The number of carbonyl (C=O) groups excluding carboxylic acids is 1. The van der Waals surface area contributed by atoms with Gasteiger partial charge in [0, 0.05) is 25.8 Å². The van der Waals surface area contributed by atoms with Gasteiger partial charge < -0.3 is 5.73 Å². The molecule has 0 saturated heterocycles. The molecule has 0 aliphatic rings. The van der Waals surface area contributed by atoms with Crippen molar-refractivity contribution in [2.75, 3.05) is 5.73 Å². The van der Waals surface area contributed by atoms with E-state index in [1.54, 1.807) is 6.07 Å². The molecule has 0 spiro atoms. The summed E-state index contributed by atoms with van der Waals surface area (Å²) in [5.74, 6) is -0.239. The molecule has 0 bridgehead atoms. The van der Waals surface area contributed by atoms with E-state index in [0.29, 0.717) is 15.7 Å². The fourth-order valence-electron chi connectivity index (χ4n) is 1.74. The SMILES string of the molecule is Cc1cc(Br)c(C(=O)c2cc(N)cc(Cl)c2Cl)cc1Br. The number of hydrogen-bond donors (Lipinski definition) is 1. The van der Waals surface area contributed by atoms with Crippen LogP contribution in [-0.2, 0) is 0 Å². The first-order valence-corrected chi connectivity index (χ1v) is 7.90. The van der Waals surface area contributed by atoms with E-state index in [1.807, 2.05) is 13.0 Å². The maximum absolute atomic E-state index is 12.6. The molecule has 0 aromatic heterocycles. The van der Waals surface area contributed by atoms with Crippen LogP contribution in [-0.4, -0.2) is 5.78 Å². The second-order valence-electron chi connectivity index (χ2n) is 4.27. The van der Waals surface area contributed by atoms with Crippen molar-refractivity contribution in [2.24, 2.45) is 0 Å². The standard InChI is InChI=1S/C14H9Br2Cl2NO/c1-6-2-11(16)8(5-10(6)15)14(20)9-3-7(19)4-12(17)13(9)18/h2-5H,19H2,1H3. The Morgan fingerprint density at radius 3 is 2.35 bits per heavy atom. The number of nitrogens with two attached hydrogens (primary N) is 1. The molecule has 0 heterocycles. The molecule has 2 rings (SSSR count). The van der Waals surface area contributed by atoms with Gasteiger partial charge in [-0.15, -0.1) is 0 Å². The van der Waals surface area contributed by atoms with Crippen molar-refractivity contribution in [1.29, 1.82) is 0 Å². The van der Waals surface area contributed by atoms with E-state index in [0.717, 1.165) is 10.0 Å². The Bertz CT molecular complexity index is 717. The molecular weight excluding hydrogens is 429 g/mol. The van der Waals surface area contributed by atoms with Crippen molar-refractivity contribution in [3.63, 3.8) is 0 Å². The number of carbonyl (C=O) groups is 1. The van der Waals surface area contributed by atoms with Gasteiger partial charge in [-0.2, -0.15) is 0 Å². The lowest BCUT2D eigenvalue weighted by atomic mass is 10.0. The van der Waals surface area contributed by atoms with Gasteiger partial charge in [-0.3, -0.25) is 4.79 Å². The summed E-state index contributed by atoms with van der Waals surface area (Å²) in [5.41, 5.74) is 7.91. The van der Waals surface area contributed by atoms with Crippen LogP contribution in [0.25, 0.3) is 0 Å². The number of hydrogen-bond acceptors (Lipinski definition) is 2. The predicted molar refractivity (Wildman–Crippen MR) is 90.9 cm³/mol. The summed E-state index contributed by atoms with van der Waals surface area (Å²) in [6.45, 7) is 1.94. The van der Waals surface area contributed by atoms with Crippen molar-refractivity contribution >= 4 is 66.5 Å². The minimum atomic E-state index is -0.239. The highest BCUT2D eigenvalue weighted by Gasteiger charge is 2.19. The van der Waals surface area contributed by atoms with Gasteiger partial charge in [0.25, 0.3) is 0 Å². The number of anilines is 1. The van der Waals surface area contributed by atoms with Gasteiger partial charge in [-0.05, 0) is 36.8 Å². The van der Waals surface area contributed by atoms with Crippen molar-refractivity contribution < 1.29 is 4.79 Å². The monoisotopic (exact) mass is 435 g/mol. The molecule has 2 aromatic carbocycles. The van der Waals surface area contributed by atoms with E-state index in [-0.39, 0.29) is 21.4 Å². The molecule has 6 heteroatoms. The minimum Gasteiger partial charge on any atom is -0.399 e. The highest BCUT2D eigenvalue weighted by atomic mass is 79.9. The summed E-state index contributed by atoms with van der Waals surface area (Å²) in [6, 6.07) is 6.64. The number of benzene rings is 2. The third-order valence-electron chi connectivity index (χ3n) is 2.79. The molecule has 0 unspecified atom stereocenters. The highest BCUT2D eigenvalue weighted by molar-refractivity contribution is 9.11. The van der Waals surface area contributed by atoms with E-state index >= 15 is 0 Å². The number of nitrogen functional groups attached to an aromatic ring is 1. The summed E-state index contributed by atoms with van der Waals surface area (Å²) in [6.07, 6.45) is 0. The van der Waals surface area contributed by atoms with Gasteiger partial charge in [0.2, 0.25) is 0 Å². The Morgan fingerprint density at radius 2 is 1.70 bits per heavy atom. The van der Waals surface area contributed by atoms with Crippen LogP contribution in [0.5, 0.6) is 0 Å². The fraction of sp³-hybridized carbons (Fsp3) is 0.0714. The average molecular weight is 438 g/mol. The lowest BCUT2D eigenvalue weighted by Crippen LogP contribution is -2.05. The molecule has 0 saturated carbocycles. The zero-order valence-corrected chi connectivity index (χ0v) is 15.0. The van der Waals surface area contributed by atoms with Crippen LogP contribution in [0.2, 0.25) is 10.0 Å². The lowest BCUT2D eigenvalue weighted by molar-refractivity contribution is 0.103. The molecule has 0 fully saturated rings.